The van der Waals surface area contributed by atoms with Crippen molar-refractivity contribution in [3.8, 4) is 0 Å². The van der Waals surface area contributed by atoms with Crippen LogP contribution in [0.15, 0.2) is 18.3 Å². The quantitative estimate of drug-likeness (QED) is 0.805. The first-order valence-corrected chi connectivity index (χ1v) is 6.58. The Morgan fingerprint density at radius 2 is 2.41 bits per heavy atom. The Hall–Kier alpha value is -1.16. The number of rotatable bonds is 4. The molecular formula is C13H19N3S. The molecule has 92 valence electrons. The normalized spacial score (nSPS) is 23.6. The first-order chi connectivity index (χ1) is 8.18. The van der Waals surface area contributed by atoms with Crippen molar-refractivity contribution in [1.29, 1.82) is 0 Å². The third kappa shape index (κ3) is 2.94. The molecule has 2 rings (SSSR count). The molecule has 1 saturated carbocycles. The van der Waals surface area contributed by atoms with Gasteiger partial charge in [-0.2, -0.15) is 0 Å². The van der Waals surface area contributed by atoms with Crippen molar-refractivity contribution in [2.45, 2.75) is 26.2 Å². The zero-order valence-electron chi connectivity index (χ0n) is 10.1. The van der Waals surface area contributed by atoms with Crippen molar-refractivity contribution in [1.82, 2.24) is 4.98 Å². The summed E-state index contributed by atoms with van der Waals surface area (Å²) in [7, 11) is 0. The molecule has 1 fully saturated rings. The lowest BCUT2D eigenvalue weighted by Crippen LogP contribution is -2.20. The number of hydrogen-bond acceptors (Lipinski definition) is 3. The smallest absolute Gasteiger partial charge is 0.124 e. The van der Waals surface area contributed by atoms with E-state index < -0.39 is 0 Å². The minimum Gasteiger partial charge on any atom is -0.388 e. The van der Waals surface area contributed by atoms with E-state index in [0.29, 0.717) is 10.7 Å². The number of thiocarbonyl (C=S) groups is 1. The predicted molar refractivity (Wildman–Crippen MR) is 75.1 cm³/mol. The highest BCUT2D eigenvalue weighted by molar-refractivity contribution is 7.80. The van der Waals surface area contributed by atoms with Crippen LogP contribution >= 0.6 is 12.2 Å². The number of nitrogens with two attached hydrogens (primary N) is 1. The molecule has 1 aromatic rings. The first kappa shape index (κ1) is 12.3. The van der Waals surface area contributed by atoms with E-state index in [2.05, 4.69) is 17.2 Å². The lowest BCUT2D eigenvalue weighted by atomic mass is 9.98. The summed E-state index contributed by atoms with van der Waals surface area (Å²) in [6.45, 7) is 3.32. The predicted octanol–water partition coefficient (Wildman–Crippen LogP) is 2.56. The zero-order valence-corrected chi connectivity index (χ0v) is 11.0. The van der Waals surface area contributed by atoms with Gasteiger partial charge in [-0.15, -0.1) is 0 Å². The number of aromatic nitrogens is 1. The van der Waals surface area contributed by atoms with E-state index in [1.54, 1.807) is 6.20 Å². The van der Waals surface area contributed by atoms with Gasteiger partial charge in [0.25, 0.3) is 0 Å². The van der Waals surface area contributed by atoms with E-state index in [0.717, 1.165) is 24.1 Å². The summed E-state index contributed by atoms with van der Waals surface area (Å²) in [6, 6.07) is 3.89. The van der Waals surface area contributed by atoms with E-state index in [-0.39, 0.29) is 0 Å². The molecule has 1 aliphatic rings. The fraction of sp³-hybridized carbons (Fsp3) is 0.538. The summed E-state index contributed by atoms with van der Waals surface area (Å²) in [6.07, 6.45) is 5.74. The van der Waals surface area contributed by atoms with Crippen molar-refractivity contribution in [2.75, 3.05) is 11.9 Å². The van der Waals surface area contributed by atoms with Crippen molar-refractivity contribution < 1.29 is 0 Å². The number of pyridine rings is 1. The van der Waals surface area contributed by atoms with Gasteiger partial charge in [0, 0.05) is 12.7 Å². The number of nitrogens with zero attached hydrogens (tertiary/aromatic N) is 1. The highest BCUT2D eigenvalue weighted by atomic mass is 32.1. The Kier molecular flexibility index (Phi) is 3.94. The van der Waals surface area contributed by atoms with Crippen molar-refractivity contribution in [3.63, 3.8) is 0 Å². The molecule has 3 nitrogen and oxygen atoms in total. The Morgan fingerprint density at radius 1 is 1.59 bits per heavy atom. The van der Waals surface area contributed by atoms with Crippen molar-refractivity contribution in [3.05, 3.63) is 24.0 Å². The van der Waals surface area contributed by atoms with Crippen molar-refractivity contribution in [2.24, 2.45) is 17.6 Å². The molecule has 0 aliphatic heterocycles. The summed E-state index contributed by atoms with van der Waals surface area (Å²) in [5.74, 6) is 1.57. The van der Waals surface area contributed by atoms with Crippen LogP contribution in [-0.4, -0.2) is 16.5 Å². The van der Waals surface area contributed by atoms with Crippen LogP contribution in [0.2, 0.25) is 0 Å². The molecular weight excluding hydrogens is 230 g/mol. The van der Waals surface area contributed by atoms with E-state index in [9.17, 15) is 0 Å². The molecule has 2 atom stereocenters. The Bertz CT molecular complexity index is 405. The molecule has 0 radical (unpaired) electrons. The lowest BCUT2D eigenvalue weighted by Gasteiger charge is -2.17. The monoisotopic (exact) mass is 249 g/mol. The molecule has 17 heavy (non-hydrogen) atoms. The highest BCUT2D eigenvalue weighted by Gasteiger charge is 2.23. The summed E-state index contributed by atoms with van der Waals surface area (Å²) in [4.78, 5) is 4.57. The van der Waals surface area contributed by atoms with Crippen LogP contribution in [0.1, 0.15) is 31.9 Å². The second-order valence-electron chi connectivity index (χ2n) is 4.81. The highest BCUT2D eigenvalue weighted by Crippen LogP contribution is 2.31. The van der Waals surface area contributed by atoms with Crippen LogP contribution in [0.5, 0.6) is 0 Å². The fourth-order valence-electron chi connectivity index (χ4n) is 2.51. The average Bonchev–Trinajstić information content (AvgIpc) is 2.72. The molecule has 0 aromatic carbocycles. The Morgan fingerprint density at radius 3 is 3.06 bits per heavy atom. The van der Waals surface area contributed by atoms with E-state index >= 15 is 0 Å². The van der Waals surface area contributed by atoms with Crippen LogP contribution in [0.4, 0.5) is 5.69 Å². The molecule has 2 unspecified atom stereocenters. The summed E-state index contributed by atoms with van der Waals surface area (Å²) < 4.78 is 0. The van der Waals surface area contributed by atoms with Crippen LogP contribution in [0.3, 0.4) is 0 Å². The van der Waals surface area contributed by atoms with Gasteiger partial charge in [-0.25, -0.2) is 0 Å². The second kappa shape index (κ2) is 5.45. The molecule has 0 saturated heterocycles. The largest absolute Gasteiger partial charge is 0.388 e. The molecule has 4 heteroatoms. The maximum atomic E-state index is 5.65. The molecule has 1 aromatic heterocycles. The number of anilines is 1. The van der Waals surface area contributed by atoms with Crippen LogP contribution in [-0.2, 0) is 0 Å². The van der Waals surface area contributed by atoms with Gasteiger partial charge >= 0.3 is 0 Å². The topological polar surface area (TPSA) is 50.9 Å². The van der Waals surface area contributed by atoms with Crippen LogP contribution in [0.25, 0.3) is 0 Å². The van der Waals surface area contributed by atoms with Crippen LogP contribution in [0, 0.1) is 11.8 Å². The van der Waals surface area contributed by atoms with Gasteiger partial charge in [-0.1, -0.05) is 32.0 Å². The minimum absolute atomic E-state index is 0.354. The Balaban J connectivity index is 2.01. The van der Waals surface area contributed by atoms with Gasteiger partial charge in [0.05, 0.1) is 5.69 Å². The third-order valence-corrected chi connectivity index (χ3v) is 3.83. The molecule has 0 spiro atoms. The molecule has 1 aliphatic carbocycles. The van der Waals surface area contributed by atoms with Gasteiger partial charge in [-0.05, 0) is 30.4 Å². The lowest BCUT2D eigenvalue weighted by molar-refractivity contribution is 0.439. The fourth-order valence-corrected chi connectivity index (χ4v) is 2.67. The second-order valence-corrected chi connectivity index (χ2v) is 5.25. The summed E-state index contributed by atoms with van der Waals surface area (Å²) >= 11 is 5.00. The maximum absolute atomic E-state index is 5.65. The van der Waals surface area contributed by atoms with Gasteiger partial charge in [0.15, 0.2) is 0 Å². The first-order valence-electron chi connectivity index (χ1n) is 6.17. The molecule has 0 amide bonds. The zero-order chi connectivity index (χ0) is 12.3. The third-order valence-electron chi connectivity index (χ3n) is 3.63. The molecule has 0 bridgehead atoms. The number of hydrogen-bond donors (Lipinski definition) is 2. The summed E-state index contributed by atoms with van der Waals surface area (Å²) in [5, 5.41) is 3.44. The molecule has 3 N–H and O–H groups in total. The standard InChI is InChI=1S/C13H19N3S/c1-9-4-2-5-10(9)8-16-11-6-3-7-15-12(11)13(14)17/h3,6-7,9-10,16H,2,4-5,8H2,1H3,(H2,14,17). The SMILES string of the molecule is CC1CCCC1CNc1cccnc1C(N)=S. The number of nitrogens with one attached hydrogen (secondary N) is 1. The van der Waals surface area contributed by atoms with Crippen LogP contribution < -0.4 is 11.1 Å². The Labute approximate surface area is 108 Å². The van der Waals surface area contributed by atoms with Gasteiger partial charge in [0.1, 0.15) is 10.7 Å². The van der Waals surface area contributed by atoms with Gasteiger partial charge in [0.2, 0.25) is 0 Å². The van der Waals surface area contributed by atoms with Gasteiger partial charge < -0.3 is 11.1 Å². The average molecular weight is 249 g/mol. The minimum atomic E-state index is 0.354. The van der Waals surface area contributed by atoms with E-state index in [1.807, 2.05) is 12.1 Å². The van der Waals surface area contributed by atoms with E-state index in [4.69, 9.17) is 18.0 Å². The van der Waals surface area contributed by atoms with Crippen molar-refractivity contribution >= 4 is 22.9 Å². The van der Waals surface area contributed by atoms with Gasteiger partial charge in [-0.3, -0.25) is 4.98 Å². The maximum Gasteiger partial charge on any atom is 0.124 e. The molecule has 1 heterocycles. The summed E-state index contributed by atoms with van der Waals surface area (Å²) in [5.41, 5.74) is 7.31. The van der Waals surface area contributed by atoms with E-state index in [1.165, 1.54) is 19.3 Å².